The Morgan fingerprint density at radius 1 is 1.12 bits per heavy atom. The van der Waals surface area contributed by atoms with Gasteiger partial charge in [-0.1, -0.05) is 56.1 Å². The molecule has 1 aromatic heterocycles. The van der Waals surface area contributed by atoms with Crippen LogP contribution in [0.15, 0.2) is 42.5 Å². The molecule has 8 nitrogen and oxygen atoms in total. The fraction of sp³-hybridized carbons (Fsp3) is 0.292. The summed E-state index contributed by atoms with van der Waals surface area (Å²) in [5.74, 6) is 0.133. The highest BCUT2D eigenvalue weighted by Gasteiger charge is 2.25. The number of rotatable bonds is 4. The fourth-order valence-electron chi connectivity index (χ4n) is 3.74. The topological polar surface area (TPSA) is 114 Å². The van der Waals surface area contributed by atoms with E-state index in [1.165, 1.54) is 0 Å². The van der Waals surface area contributed by atoms with E-state index in [-0.39, 0.29) is 22.4 Å². The lowest BCUT2D eigenvalue weighted by Crippen LogP contribution is -2.45. The minimum atomic E-state index is -0.477. The van der Waals surface area contributed by atoms with Crippen LogP contribution < -0.4 is 21.7 Å². The predicted molar refractivity (Wildman–Crippen MR) is 135 cm³/mol. The number of nitrogens with one attached hydrogen (secondary N) is 3. The zero-order valence-corrected chi connectivity index (χ0v) is 20.6. The first kappa shape index (κ1) is 24.1. The van der Waals surface area contributed by atoms with E-state index in [0.29, 0.717) is 29.5 Å². The quantitative estimate of drug-likeness (QED) is 0.418. The number of halogens is 2. The van der Waals surface area contributed by atoms with Crippen molar-refractivity contribution in [2.75, 3.05) is 10.6 Å². The van der Waals surface area contributed by atoms with Crippen LogP contribution in [-0.2, 0) is 23.2 Å². The first-order chi connectivity index (χ1) is 16.0. The minimum absolute atomic E-state index is 0.237. The summed E-state index contributed by atoms with van der Waals surface area (Å²) in [5, 5.41) is 14.1. The molecule has 0 radical (unpaired) electrons. The molecule has 1 aliphatic rings. The molecule has 0 unspecified atom stereocenters. The summed E-state index contributed by atoms with van der Waals surface area (Å²) in [7, 11) is 0. The van der Waals surface area contributed by atoms with Crippen molar-refractivity contribution in [3.8, 4) is 5.69 Å². The van der Waals surface area contributed by atoms with Crippen molar-refractivity contribution in [3.63, 3.8) is 0 Å². The Morgan fingerprint density at radius 2 is 1.88 bits per heavy atom. The van der Waals surface area contributed by atoms with Gasteiger partial charge in [-0.25, -0.2) is 9.48 Å². The van der Waals surface area contributed by atoms with Crippen LogP contribution >= 0.6 is 23.2 Å². The number of benzene rings is 2. The van der Waals surface area contributed by atoms with Crippen LogP contribution in [0.5, 0.6) is 0 Å². The Kier molecular flexibility index (Phi) is 6.58. The van der Waals surface area contributed by atoms with E-state index in [0.717, 1.165) is 22.5 Å². The molecule has 0 saturated heterocycles. The molecule has 3 aromatic rings. The van der Waals surface area contributed by atoms with Gasteiger partial charge in [0.15, 0.2) is 0 Å². The van der Waals surface area contributed by atoms with Crippen molar-refractivity contribution in [2.45, 2.75) is 45.2 Å². The number of hydrogen-bond donors (Lipinski definition) is 4. The molecule has 0 saturated carbocycles. The molecule has 4 rings (SSSR count). The average Bonchev–Trinajstić information content (AvgIpc) is 3.20. The summed E-state index contributed by atoms with van der Waals surface area (Å²) in [6.07, 6.45) is 0.533. The number of nitrogens with two attached hydrogens (primary N) is 1. The van der Waals surface area contributed by atoms with Gasteiger partial charge in [-0.3, -0.25) is 10.1 Å². The van der Waals surface area contributed by atoms with Crippen molar-refractivity contribution in [3.05, 3.63) is 69.3 Å². The number of nitrogens with zero attached hydrogens (tertiary/aromatic N) is 2. The predicted octanol–water partition coefficient (Wildman–Crippen LogP) is 4.62. The number of amides is 3. The van der Waals surface area contributed by atoms with Crippen molar-refractivity contribution < 1.29 is 9.59 Å². The lowest BCUT2D eigenvalue weighted by Gasteiger charge is -2.24. The van der Waals surface area contributed by atoms with Crippen LogP contribution in [-0.4, -0.2) is 27.8 Å². The molecule has 178 valence electrons. The van der Waals surface area contributed by atoms with Crippen LogP contribution in [0.25, 0.3) is 5.69 Å². The number of carbonyl (C=O) groups excluding carboxylic acids is 2. The van der Waals surface area contributed by atoms with Gasteiger partial charge in [0.1, 0.15) is 5.82 Å². The van der Waals surface area contributed by atoms with Gasteiger partial charge in [-0.05, 0) is 41.8 Å². The third kappa shape index (κ3) is 5.04. The lowest BCUT2D eigenvalue weighted by molar-refractivity contribution is -0.120. The Balaban J connectivity index is 1.64. The van der Waals surface area contributed by atoms with Gasteiger partial charge in [0.25, 0.3) is 0 Å². The van der Waals surface area contributed by atoms with Crippen molar-refractivity contribution in [2.24, 2.45) is 5.73 Å². The molecule has 34 heavy (non-hydrogen) atoms. The zero-order valence-electron chi connectivity index (χ0n) is 19.1. The second-order valence-electron chi connectivity index (χ2n) is 9.25. The standard InChI is InChI=1S/C24H26Cl2N6O2/c1-24(2,3)19-11-20(30-23(34)29-17-6-4-5-16(25)21(17)26)32(31-19)15-8-7-13-10-18(22(27)33)28-12-14(13)9-15/h4-9,11,18,28H,10,12H2,1-3H3,(H2,27,33)(H2,29,30,34)/t18-/m0/s1. The van der Waals surface area contributed by atoms with E-state index in [9.17, 15) is 9.59 Å². The van der Waals surface area contributed by atoms with E-state index in [4.69, 9.17) is 34.0 Å². The molecule has 1 aliphatic heterocycles. The monoisotopic (exact) mass is 500 g/mol. The highest BCUT2D eigenvalue weighted by Crippen LogP contribution is 2.31. The van der Waals surface area contributed by atoms with Gasteiger partial charge < -0.3 is 16.4 Å². The average molecular weight is 501 g/mol. The van der Waals surface area contributed by atoms with Gasteiger partial charge in [-0.15, -0.1) is 0 Å². The van der Waals surface area contributed by atoms with Gasteiger partial charge in [0, 0.05) is 18.0 Å². The Morgan fingerprint density at radius 3 is 2.59 bits per heavy atom. The molecular formula is C24H26Cl2N6O2. The van der Waals surface area contributed by atoms with Crippen LogP contribution in [0.4, 0.5) is 16.3 Å². The van der Waals surface area contributed by atoms with E-state index >= 15 is 0 Å². The van der Waals surface area contributed by atoms with Crippen LogP contribution in [0.3, 0.4) is 0 Å². The molecule has 0 fully saturated rings. The maximum atomic E-state index is 12.8. The first-order valence-corrected chi connectivity index (χ1v) is 11.6. The number of fused-ring (bicyclic) bond motifs is 1. The molecule has 3 amide bonds. The number of hydrogen-bond acceptors (Lipinski definition) is 4. The van der Waals surface area contributed by atoms with Crippen molar-refractivity contribution >= 4 is 46.6 Å². The third-order valence-electron chi connectivity index (χ3n) is 5.66. The van der Waals surface area contributed by atoms with Gasteiger partial charge in [0.05, 0.1) is 33.2 Å². The first-order valence-electron chi connectivity index (χ1n) is 10.8. The summed E-state index contributed by atoms with van der Waals surface area (Å²) in [4.78, 5) is 24.4. The van der Waals surface area contributed by atoms with Gasteiger partial charge in [0.2, 0.25) is 5.91 Å². The number of primary amides is 1. The molecule has 0 aliphatic carbocycles. The fourth-order valence-corrected chi connectivity index (χ4v) is 4.09. The number of aromatic nitrogens is 2. The third-order valence-corrected chi connectivity index (χ3v) is 6.48. The Labute approximate surface area is 207 Å². The molecule has 1 atom stereocenters. The van der Waals surface area contributed by atoms with Crippen LogP contribution in [0.1, 0.15) is 37.6 Å². The zero-order chi connectivity index (χ0) is 24.6. The summed E-state index contributed by atoms with van der Waals surface area (Å²) < 4.78 is 1.69. The minimum Gasteiger partial charge on any atom is -0.368 e. The number of urea groups is 1. The molecule has 2 aromatic carbocycles. The van der Waals surface area contributed by atoms with E-state index < -0.39 is 6.03 Å². The largest absolute Gasteiger partial charge is 0.368 e. The number of anilines is 2. The van der Waals surface area contributed by atoms with Crippen molar-refractivity contribution in [1.82, 2.24) is 15.1 Å². The van der Waals surface area contributed by atoms with E-state index in [2.05, 4.69) is 36.7 Å². The van der Waals surface area contributed by atoms with E-state index in [1.54, 1.807) is 22.9 Å². The second-order valence-corrected chi connectivity index (χ2v) is 10.0. The van der Waals surface area contributed by atoms with Gasteiger partial charge >= 0.3 is 6.03 Å². The number of carbonyl (C=O) groups is 2. The summed E-state index contributed by atoms with van der Waals surface area (Å²) in [6, 6.07) is 11.9. The van der Waals surface area contributed by atoms with Crippen LogP contribution in [0.2, 0.25) is 10.0 Å². The summed E-state index contributed by atoms with van der Waals surface area (Å²) >= 11 is 12.3. The normalized spacial score (nSPS) is 15.5. The Hall–Kier alpha value is -3.07. The SMILES string of the molecule is CC(C)(C)c1cc(NC(=O)Nc2cccc(Cl)c2Cl)n(-c2ccc3c(c2)CN[C@H](C(N)=O)C3)n1. The second kappa shape index (κ2) is 9.29. The molecule has 5 N–H and O–H groups in total. The highest BCUT2D eigenvalue weighted by molar-refractivity contribution is 6.44. The summed E-state index contributed by atoms with van der Waals surface area (Å²) in [5.41, 5.74) is 9.31. The highest BCUT2D eigenvalue weighted by atomic mass is 35.5. The molecule has 0 spiro atoms. The molecule has 10 heteroatoms. The van der Waals surface area contributed by atoms with Crippen molar-refractivity contribution in [1.29, 1.82) is 0 Å². The molecule has 2 heterocycles. The Bertz CT molecular complexity index is 1260. The van der Waals surface area contributed by atoms with E-state index in [1.807, 2.05) is 24.3 Å². The lowest BCUT2D eigenvalue weighted by atomic mass is 9.92. The maximum Gasteiger partial charge on any atom is 0.324 e. The summed E-state index contributed by atoms with van der Waals surface area (Å²) in [6.45, 7) is 6.67. The molecule has 0 bridgehead atoms. The van der Waals surface area contributed by atoms with Crippen LogP contribution in [0, 0.1) is 0 Å². The molecular weight excluding hydrogens is 475 g/mol. The smallest absolute Gasteiger partial charge is 0.324 e. The maximum absolute atomic E-state index is 12.8. The van der Waals surface area contributed by atoms with Gasteiger partial charge in [-0.2, -0.15) is 5.10 Å².